The maximum Gasteiger partial charge on any atom is 0.335 e. The number of hydrogen-bond donors (Lipinski definition) is 1. The summed E-state index contributed by atoms with van der Waals surface area (Å²) < 4.78 is 5.55. The summed E-state index contributed by atoms with van der Waals surface area (Å²) in [5, 5.41) is 2.71. The molecule has 230 valence electrons. The van der Waals surface area contributed by atoms with Gasteiger partial charge in [-0.1, -0.05) is 91.0 Å². The van der Waals surface area contributed by atoms with Crippen LogP contribution in [-0.2, 0) is 9.59 Å². The zero-order valence-corrected chi connectivity index (χ0v) is 25.9. The van der Waals surface area contributed by atoms with Crippen LogP contribution in [0.5, 0.6) is 5.75 Å². The number of ether oxygens (including phenoxy) is 1. The number of barbiturate groups is 1. The molecule has 7 rings (SSSR count). The van der Waals surface area contributed by atoms with E-state index in [0.717, 1.165) is 42.0 Å². The van der Waals surface area contributed by atoms with Crippen molar-refractivity contribution in [3.8, 4) is 5.75 Å². The van der Waals surface area contributed by atoms with Gasteiger partial charge in [0.15, 0.2) is 0 Å². The van der Waals surface area contributed by atoms with Crippen LogP contribution in [0.4, 0.5) is 16.2 Å². The number of halogens is 1. The van der Waals surface area contributed by atoms with E-state index in [2.05, 4.69) is 41.1 Å². The van der Waals surface area contributed by atoms with Gasteiger partial charge in [-0.05, 0) is 71.0 Å². The molecule has 8 heteroatoms. The van der Waals surface area contributed by atoms with Gasteiger partial charge < -0.3 is 9.64 Å². The van der Waals surface area contributed by atoms with E-state index < -0.39 is 17.8 Å². The van der Waals surface area contributed by atoms with Crippen LogP contribution >= 0.6 is 11.6 Å². The fourth-order valence-electron chi connectivity index (χ4n) is 6.90. The lowest BCUT2D eigenvalue weighted by Gasteiger charge is -2.44. The molecular formula is C38H32ClN3O4. The molecule has 0 bridgehead atoms. The standard InChI is InChI=1S/C38H32ClN3O4/c1-2-19-46-34-14-13-24(21-33(34)39)20-32-36(43)40-38(45)42(37(32)44)27-22-30-28(25-9-5-3-6-10-25)15-17-41-18-16-29(31(23-27)35(30)41)26-11-7-4-8-12-26/h2-14,20-23,28-29H,1,15-19H2,(H,40,43,45)/b32-20+/t28-,29+. The first-order valence-electron chi connectivity index (χ1n) is 15.4. The zero-order valence-electron chi connectivity index (χ0n) is 25.1. The number of nitrogens with zero attached hydrogens (tertiary/aromatic N) is 2. The third-order valence-electron chi connectivity index (χ3n) is 8.98. The van der Waals surface area contributed by atoms with Crippen LogP contribution in [0.25, 0.3) is 6.08 Å². The Morgan fingerprint density at radius 1 is 0.848 bits per heavy atom. The minimum Gasteiger partial charge on any atom is -0.488 e. The summed E-state index contributed by atoms with van der Waals surface area (Å²) in [5.74, 6) is -0.824. The summed E-state index contributed by atoms with van der Waals surface area (Å²) in [5.41, 5.74) is 6.50. The molecule has 3 aliphatic heterocycles. The molecule has 0 unspecified atom stereocenters. The summed E-state index contributed by atoms with van der Waals surface area (Å²) in [4.78, 5) is 44.1. The first kappa shape index (κ1) is 29.6. The summed E-state index contributed by atoms with van der Waals surface area (Å²) in [7, 11) is 0. The number of urea groups is 1. The van der Waals surface area contributed by atoms with Crippen molar-refractivity contribution in [3.63, 3.8) is 0 Å². The average Bonchev–Trinajstić information content (AvgIpc) is 3.07. The largest absolute Gasteiger partial charge is 0.488 e. The van der Waals surface area contributed by atoms with Gasteiger partial charge in [-0.25, -0.2) is 9.69 Å². The van der Waals surface area contributed by atoms with E-state index in [1.54, 1.807) is 24.3 Å². The smallest absolute Gasteiger partial charge is 0.335 e. The highest BCUT2D eigenvalue weighted by atomic mass is 35.5. The predicted molar refractivity (Wildman–Crippen MR) is 181 cm³/mol. The molecule has 1 N–H and O–H groups in total. The Bertz CT molecular complexity index is 1820. The normalized spacial score (nSPS) is 19.9. The summed E-state index contributed by atoms with van der Waals surface area (Å²) >= 11 is 6.41. The molecule has 3 heterocycles. The monoisotopic (exact) mass is 629 g/mol. The number of nitrogens with one attached hydrogen (secondary N) is 1. The van der Waals surface area contributed by atoms with Gasteiger partial charge in [0.25, 0.3) is 11.8 Å². The fraction of sp³-hybridized carbons (Fsp3) is 0.184. The highest BCUT2D eigenvalue weighted by Gasteiger charge is 2.40. The second-order valence-corrected chi connectivity index (χ2v) is 12.1. The van der Waals surface area contributed by atoms with Crippen LogP contribution in [-0.4, -0.2) is 37.5 Å². The van der Waals surface area contributed by atoms with Crippen molar-refractivity contribution in [3.05, 3.63) is 142 Å². The first-order valence-corrected chi connectivity index (χ1v) is 15.8. The van der Waals surface area contributed by atoms with Crippen molar-refractivity contribution in [2.24, 2.45) is 0 Å². The molecule has 2 atom stereocenters. The van der Waals surface area contributed by atoms with Gasteiger partial charge in [0.05, 0.1) is 10.7 Å². The van der Waals surface area contributed by atoms with Crippen LogP contribution < -0.4 is 19.9 Å². The van der Waals surface area contributed by atoms with Crippen LogP contribution in [0.2, 0.25) is 5.02 Å². The van der Waals surface area contributed by atoms with Gasteiger partial charge in [0, 0.05) is 30.6 Å². The molecule has 7 nitrogen and oxygen atoms in total. The highest BCUT2D eigenvalue weighted by Crippen LogP contribution is 2.50. The van der Waals surface area contributed by atoms with Crippen molar-refractivity contribution in [1.29, 1.82) is 0 Å². The highest BCUT2D eigenvalue weighted by molar-refractivity contribution is 6.39. The lowest BCUT2D eigenvalue weighted by atomic mass is 9.76. The number of carbonyl (C=O) groups excluding carboxylic acids is 3. The topological polar surface area (TPSA) is 79.0 Å². The summed E-state index contributed by atoms with van der Waals surface area (Å²) in [6, 6.07) is 28.8. The maximum absolute atomic E-state index is 14.1. The number of carbonyl (C=O) groups is 3. The number of amides is 4. The second kappa shape index (κ2) is 12.3. The molecule has 1 fully saturated rings. The molecule has 46 heavy (non-hydrogen) atoms. The van der Waals surface area contributed by atoms with Crippen LogP contribution in [0.1, 0.15) is 52.5 Å². The first-order chi connectivity index (χ1) is 22.4. The molecule has 3 aliphatic rings. The Hall–Kier alpha value is -5.14. The van der Waals surface area contributed by atoms with E-state index in [0.29, 0.717) is 22.0 Å². The van der Waals surface area contributed by atoms with Crippen molar-refractivity contribution in [2.45, 2.75) is 24.7 Å². The van der Waals surface area contributed by atoms with E-state index in [1.165, 1.54) is 22.9 Å². The van der Waals surface area contributed by atoms with Gasteiger partial charge in [-0.15, -0.1) is 0 Å². The van der Waals surface area contributed by atoms with E-state index in [1.807, 2.05) is 48.5 Å². The molecule has 0 radical (unpaired) electrons. The molecule has 1 saturated heterocycles. The van der Waals surface area contributed by atoms with Crippen molar-refractivity contribution < 1.29 is 19.1 Å². The van der Waals surface area contributed by atoms with E-state index in [9.17, 15) is 14.4 Å². The second-order valence-electron chi connectivity index (χ2n) is 11.7. The zero-order chi connectivity index (χ0) is 31.8. The van der Waals surface area contributed by atoms with Gasteiger partial charge in [0.2, 0.25) is 0 Å². The van der Waals surface area contributed by atoms with E-state index >= 15 is 0 Å². The van der Waals surface area contributed by atoms with E-state index in [-0.39, 0.29) is 24.0 Å². The molecule has 0 aromatic heterocycles. The molecule has 0 spiro atoms. The average molecular weight is 630 g/mol. The van der Waals surface area contributed by atoms with Gasteiger partial charge in [0.1, 0.15) is 17.9 Å². The Kier molecular flexibility index (Phi) is 7.93. The Morgan fingerprint density at radius 2 is 1.46 bits per heavy atom. The van der Waals surface area contributed by atoms with Crippen molar-refractivity contribution >= 4 is 46.9 Å². The number of hydrogen-bond acceptors (Lipinski definition) is 5. The third kappa shape index (κ3) is 5.37. The molecule has 0 aliphatic carbocycles. The van der Waals surface area contributed by atoms with Gasteiger partial charge in [-0.2, -0.15) is 0 Å². The summed E-state index contributed by atoms with van der Waals surface area (Å²) in [6.07, 6.45) is 4.88. The number of benzene rings is 4. The maximum atomic E-state index is 14.1. The summed E-state index contributed by atoms with van der Waals surface area (Å²) in [6.45, 7) is 5.77. The molecule has 0 saturated carbocycles. The number of anilines is 2. The van der Waals surface area contributed by atoms with Gasteiger partial charge in [-0.3, -0.25) is 14.9 Å². The van der Waals surface area contributed by atoms with Crippen LogP contribution in [0.3, 0.4) is 0 Å². The molecular weight excluding hydrogens is 598 g/mol. The SMILES string of the molecule is C=CCOc1ccc(/C=C2\C(=O)NC(=O)N(c3cc4c5c(c3)[C@H](c3ccccc3)CCN5CC[C@@H]4c3ccccc3)C2=O)cc1Cl. The minimum atomic E-state index is -0.776. The van der Waals surface area contributed by atoms with Gasteiger partial charge >= 0.3 is 6.03 Å². The van der Waals surface area contributed by atoms with Crippen LogP contribution in [0.15, 0.2) is 109 Å². The minimum absolute atomic E-state index is 0.0873. The number of imide groups is 2. The quantitative estimate of drug-likeness (QED) is 0.131. The Balaban J connectivity index is 1.34. The number of rotatable bonds is 7. The lowest BCUT2D eigenvalue weighted by Crippen LogP contribution is -2.54. The van der Waals surface area contributed by atoms with Crippen LogP contribution in [0, 0.1) is 0 Å². The molecule has 4 aromatic rings. The molecule has 4 amide bonds. The van der Waals surface area contributed by atoms with Crippen molar-refractivity contribution in [2.75, 3.05) is 29.5 Å². The Morgan fingerprint density at radius 3 is 2.02 bits per heavy atom. The third-order valence-corrected chi connectivity index (χ3v) is 9.28. The van der Waals surface area contributed by atoms with Crippen molar-refractivity contribution in [1.82, 2.24) is 5.32 Å². The fourth-order valence-corrected chi connectivity index (χ4v) is 7.14. The Labute approximate surface area is 272 Å². The predicted octanol–water partition coefficient (Wildman–Crippen LogP) is 7.45. The lowest BCUT2D eigenvalue weighted by molar-refractivity contribution is -0.122. The van der Waals surface area contributed by atoms with E-state index in [4.69, 9.17) is 16.3 Å². The molecule has 4 aromatic carbocycles.